The maximum atomic E-state index is 11.1. The molecule has 1 rings (SSSR count). The molecule has 0 radical (unpaired) electrons. The molecule has 0 saturated carbocycles. The Balaban J connectivity index is 3.07. The van der Waals surface area contributed by atoms with Crippen molar-refractivity contribution in [2.45, 2.75) is 26.3 Å². The van der Waals surface area contributed by atoms with Crippen molar-refractivity contribution in [2.24, 2.45) is 5.73 Å². The quantitative estimate of drug-likeness (QED) is 0.717. The second kappa shape index (κ2) is 4.40. The van der Waals surface area contributed by atoms with E-state index in [1.54, 1.807) is 13.0 Å². The molecule has 92 valence electrons. The van der Waals surface area contributed by atoms with Gasteiger partial charge in [0, 0.05) is 11.3 Å². The van der Waals surface area contributed by atoms with Crippen LogP contribution in [0.4, 0.5) is 5.82 Å². The number of amides is 1. The van der Waals surface area contributed by atoms with Crippen molar-refractivity contribution in [1.29, 1.82) is 0 Å². The third-order valence-corrected chi connectivity index (χ3v) is 2.21. The summed E-state index contributed by atoms with van der Waals surface area (Å²) < 4.78 is 0. The van der Waals surface area contributed by atoms with Gasteiger partial charge in [-0.1, -0.05) is 0 Å². The van der Waals surface area contributed by atoms with E-state index < -0.39 is 17.4 Å². The van der Waals surface area contributed by atoms with Crippen LogP contribution < -0.4 is 11.1 Å². The van der Waals surface area contributed by atoms with Crippen LogP contribution in [0.5, 0.6) is 0 Å². The highest BCUT2D eigenvalue weighted by Gasteiger charge is 2.27. The lowest BCUT2D eigenvalue weighted by Crippen LogP contribution is -2.40. The first-order chi connectivity index (χ1) is 7.72. The summed E-state index contributed by atoms with van der Waals surface area (Å²) in [6.45, 7) is 4.71. The molecule has 0 unspecified atom stereocenters. The minimum absolute atomic E-state index is 0.293. The van der Waals surface area contributed by atoms with Crippen LogP contribution in [-0.4, -0.2) is 27.5 Å². The van der Waals surface area contributed by atoms with E-state index in [0.29, 0.717) is 17.1 Å². The second-order valence-corrected chi connectivity index (χ2v) is 4.30. The maximum Gasteiger partial charge on any atom is 0.328 e. The van der Waals surface area contributed by atoms with Crippen LogP contribution in [0.25, 0.3) is 0 Å². The lowest BCUT2D eigenvalue weighted by Gasteiger charge is -2.22. The second-order valence-electron chi connectivity index (χ2n) is 4.30. The molecular weight excluding hydrogens is 222 g/mol. The molecule has 6 nitrogen and oxygen atoms in total. The number of aliphatic carboxylic acids is 1. The Kier molecular flexibility index (Phi) is 3.36. The number of aromatic nitrogens is 1. The molecule has 0 aliphatic heterocycles. The minimum atomic E-state index is -1.17. The predicted octanol–water partition coefficient (Wildman–Crippen LogP) is 0.764. The number of carbonyl (C=O) groups excluding carboxylic acids is 1. The highest BCUT2D eigenvalue weighted by molar-refractivity contribution is 5.93. The van der Waals surface area contributed by atoms with E-state index in [9.17, 15) is 9.59 Å². The number of nitrogens with two attached hydrogens (primary N) is 1. The first-order valence-corrected chi connectivity index (χ1v) is 5.02. The van der Waals surface area contributed by atoms with Gasteiger partial charge in [-0.2, -0.15) is 0 Å². The highest BCUT2D eigenvalue weighted by Crippen LogP contribution is 2.15. The van der Waals surface area contributed by atoms with Crippen molar-refractivity contribution in [1.82, 2.24) is 4.98 Å². The molecule has 1 amide bonds. The number of nitrogens with one attached hydrogen (secondary N) is 1. The van der Waals surface area contributed by atoms with Crippen molar-refractivity contribution < 1.29 is 14.7 Å². The number of anilines is 1. The van der Waals surface area contributed by atoms with Gasteiger partial charge >= 0.3 is 5.97 Å². The number of primary amides is 1. The largest absolute Gasteiger partial charge is 0.480 e. The number of carboxylic acid groups (broad SMARTS) is 1. The molecule has 0 atom stereocenters. The number of pyridine rings is 1. The zero-order valence-electron chi connectivity index (χ0n) is 9.94. The number of carboxylic acids is 1. The molecule has 0 bridgehead atoms. The van der Waals surface area contributed by atoms with Crippen molar-refractivity contribution >= 4 is 17.7 Å². The van der Waals surface area contributed by atoms with Gasteiger partial charge in [-0.15, -0.1) is 0 Å². The van der Waals surface area contributed by atoms with Crippen LogP contribution in [0.15, 0.2) is 12.1 Å². The van der Waals surface area contributed by atoms with E-state index >= 15 is 0 Å². The Morgan fingerprint density at radius 1 is 1.41 bits per heavy atom. The Hall–Kier alpha value is -2.11. The van der Waals surface area contributed by atoms with E-state index in [-0.39, 0.29) is 0 Å². The maximum absolute atomic E-state index is 11.1. The summed E-state index contributed by atoms with van der Waals surface area (Å²) in [7, 11) is 0. The van der Waals surface area contributed by atoms with Crippen molar-refractivity contribution in [3.63, 3.8) is 0 Å². The number of hydrogen-bond donors (Lipinski definition) is 3. The molecule has 4 N–H and O–H groups in total. The molecule has 6 heteroatoms. The topological polar surface area (TPSA) is 105 Å². The Bertz CT molecular complexity index is 469. The van der Waals surface area contributed by atoms with Crippen molar-refractivity contribution in [3.05, 3.63) is 23.4 Å². The molecule has 1 aromatic heterocycles. The van der Waals surface area contributed by atoms with E-state index in [0.717, 1.165) is 0 Å². The van der Waals surface area contributed by atoms with E-state index in [2.05, 4.69) is 10.3 Å². The molecule has 0 aliphatic rings. The van der Waals surface area contributed by atoms with Gasteiger partial charge in [0.1, 0.15) is 11.4 Å². The number of carbonyl (C=O) groups is 2. The molecular formula is C11H15N3O3. The summed E-state index contributed by atoms with van der Waals surface area (Å²) in [6.07, 6.45) is 0. The van der Waals surface area contributed by atoms with E-state index in [4.69, 9.17) is 10.8 Å². The molecule has 17 heavy (non-hydrogen) atoms. The smallest absolute Gasteiger partial charge is 0.328 e. The van der Waals surface area contributed by atoms with Crippen molar-refractivity contribution in [2.75, 3.05) is 5.32 Å². The molecule has 0 spiro atoms. The monoisotopic (exact) mass is 237 g/mol. The Morgan fingerprint density at radius 3 is 2.47 bits per heavy atom. The summed E-state index contributed by atoms with van der Waals surface area (Å²) in [5.41, 5.74) is 4.87. The van der Waals surface area contributed by atoms with Gasteiger partial charge in [0.2, 0.25) is 5.91 Å². The van der Waals surface area contributed by atoms with Gasteiger partial charge in [0.25, 0.3) is 0 Å². The summed E-state index contributed by atoms with van der Waals surface area (Å²) in [5, 5.41) is 11.7. The van der Waals surface area contributed by atoms with Crippen LogP contribution in [0.3, 0.4) is 0 Å². The summed E-state index contributed by atoms with van der Waals surface area (Å²) in [5.74, 6) is -1.28. The highest BCUT2D eigenvalue weighted by atomic mass is 16.4. The average Bonchev–Trinajstić information content (AvgIpc) is 2.15. The first kappa shape index (κ1) is 13.0. The van der Waals surface area contributed by atoms with Gasteiger partial charge in [0.15, 0.2) is 0 Å². The number of hydrogen-bond acceptors (Lipinski definition) is 4. The number of aryl methyl sites for hydroxylation is 1. The van der Waals surface area contributed by atoms with Gasteiger partial charge in [-0.3, -0.25) is 4.79 Å². The third-order valence-electron chi connectivity index (χ3n) is 2.21. The fraction of sp³-hybridized carbons (Fsp3) is 0.364. The predicted molar refractivity (Wildman–Crippen MR) is 62.8 cm³/mol. The molecule has 0 fully saturated rings. The summed E-state index contributed by atoms with van der Waals surface area (Å²) in [4.78, 5) is 26.1. The lowest BCUT2D eigenvalue weighted by molar-refractivity contribution is -0.141. The zero-order valence-corrected chi connectivity index (χ0v) is 9.94. The third kappa shape index (κ3) is 3.17. The average molecular weight is 237 g/mol. The molecule has 1 heterocycles. The Labute approximate surface area is 98.8 Å². The van der Waals surface area contributed by atoms with Gasteiger partial charge in [-0.05, 0) is 32.9 Å². The Morgan fingerprint density at radius 2 is 2.00 bits per heavy atom. The fourth-order valence-corrected chi connectivity index (χ4v) is 1.25. The number of rotatable bonds is 4. The first-order valence-electron chi connectivity index (χ1n) is 5.02. The van der Waals surface area contributed by atoms with Crippen LogP contribution in [0.1, 0.15) is 29.9 Å². The number of nitrogens with zero attached hydrogens (tertiary/aromatic N) is 1. The zero-order chi connectivity index (χ0) is 13.2. The lowest BCUT2D eigenvalue weighted by atomic mass is 10.1. The SMILES string of the molecule is Cc1cc(C(N)=O)cc(NC(C)(C)C(=O)O)n1. The van der Waals surface area contributed by atoms with E-state index in [1.165, 1.54) is 19.9 Å². The molecule has 1 aromatic rings. The molecule has 0 aliphatic carbocycles. The van der Waals surface area contributed by atoms with Gasteiger partial charge < -0.3 is 16.2 Å². The fourth-order valence-electron chi connectivity index (χ4n) is 1.25. The normalized spacial score (nSPS) is 11.0. The minimum Gasteiger partial charge on any atom is -0.480 e. The van der Waals surface area contributed by atoms with Crippen LogP contribution in [0.2, 0.25) is 0 Å². The molecule has 0 saturated heterocycles. The van der Waals surface area contributed by atoms with Crippen LogP contribution in [0, 0.1) is 6.92 Å². The van der Waals surface area contributed by atoms with Gasteiger partial charge in [0.05, 0.1) is 0 Å². The van der Waals surface area contributed by atoms with Crippen LogP contribution >= 0.6 is 0 Å². The van der Waals surface area contributed by atoms with Crippen molar-refractivity contribution in [3.8, 4) is 0 Å². The van der Waals surface area contributed by atoms with Crippen LogP contribution in [-0.2, 0) is 4.79 Å². The summed E-state index contributed by atoms with van der Waals surface area (Å²) in [6, 6.07) is 2.97. The standard InChI is InChI=1S/C11H15N3O3/c1-6-4-7(9(12)15)5-8(13-6)14-11(2,3)10(16)17/h4-5H,1-3H3,(H2,12,15)(H,13,14)(H,16,17). The van der Waals surface area contributed by atoms with E-state index in [1.807, 2.05) is 0 Å². The van der Waals surface area contributed by atoms with Gasteiger partial charge in [-0.25, -0.2) is 9.78 Å². The summed E-state index contributed by atoms with van der Waals surface area (Å²) >= 11 is 0. The molecule has 0 aromatic carbocycles.